The van der Waals surface area contributed by atoms with Gasteiger partial charge in [0, 0.05) is 11.3 Å². The number of rotatable bonds is 8. The molecule has 0 bridgehead atoms. The number of aromatic amines is 1. The number of thioether (sulfide) groups is 1. The predicted molar refractivity (Wildman–Crippen MR) is 132 cm³/mol. The van der Waals surface area contributed by atoms with Crippen molar-refractivity contribution in [2.75, 3.05) is 36.3 Å². The number of nitrogens with one attached hydrogen (secondary N) is 3. The lowest BCUT2D eigenvalue weighted by molar-refractivity contribution is -0.113. The van der Waals surface area contributed by atoms with Crippen molar-refractivity contribution in [1.82, 2.24) is 9.97 Å². The van der Waals surface area contributed by atoms with Crippen molar-refractivity contribution in [2.24, 2.45) is 0 Å². The van der Waals surface area contributed by atoms with Gasteiger partial charge < -0.3 is 25.8 Å². The molecule has 2 aromatic carbocycles. The average Bonchev–Trinajstić information content (AvgIpc) is 2.78. The van der Waals surface area contributed by atoms with E-state index in [-0.39, 0.29) is 33.9 Å². The van der Waals surface area contributed by atoms with Crippen molar-refractivity contribution in [2.45, 2.75) is 19.0 Å². The van der Waals surface area contributed by atoms with Gasteiger partial charge in [-0.15, -0.1) is 0 Å². The Hall–Kier alpha value is -3.99. The second-order valence-electron chi connectivity index (χ2n) is 7.37. The summed E-state index contributed by atoms with van der Waals surface area (Å²) in [4.78, 5) is 44.0. The zero-order valence-corrected chi connectivity index (χ0v) is 20.0. The average molecular weight is 484 g/mol. The first kappa shape index (κ1) is 24.6. The molecule has 0 aliphatic carbocycles. The highest BCUT2D eigenvalue weighted by Crippen LogP contribution is 2.28. The number of nitrogens with two attached hydrogens (primary N) is 1. The highest BCUT2D eigenvalue weighted by atomic mass is 32.2. The molecule has 1 heterocycles. The molecule has 0 aliphatic rings. The summed E-state index contributed by atoms with van der Waals surface area (Å²) < 4.78 is 10.3. The van der Waals surface area contributed by atoms with Crippen LogP contribution in [0.2, 0.25) is 0 Å². The van der Waals surface area contributed by atoms with Crippen LogP contribution in [-0.4, -0.2) is 41.8 Å². The number of ether oxygens (including phenoxy) is 2. The van der Waals surface area contributed by atoms with Crippen LogP contribution in [0.1, 0.15) is 21.5 Å². The van der Waals surface area contributed by atoms with Gasteiger partial charge in [-0.25, -0.2) is 4.98 Å². The van der Waals surface area contributed by atoms with E-state index in [4.69, 9.17) is 15.2 Å². The van der Waals surface area contributed by atoms with E-state index in [0.29, 0.717) is 17.2 Å². The fourth-order valence-electron chi connectivity index (χ4n) is 3.20. The monoisotopic (exact) mass is 483 g/mol. The lowest BCUT2D eigenvalue weighted by Gasteiger charge is -2.11. The summed E-state index contributed by atoms with van der Waals surface area (Å²) in [5.74, 6) is -0.181. The molecule has 0 radical (unpaired) electrons. The molecule has 0 saturated heterocycles. The van der Waals surface area contributed by atoms with Crippen molar-refractivity contribution >= 4 is 40.8 Å². The third-order valence-electron chi connectivity index (χ3n) is 4.66. The highest BCUT2D eigenvalue weighted by molar-refractivity contribution is 7.99. The molecular formula is C23H25N5O5S. The van der Waals surface area contributed by atoms with E-state index < -0.39 is 11.5 Å². The fourth-order valence-corrected chi connectivity index (χ4v) is 3.87. The lowest BCUT2D eigenvalue weighted by atomic mass is 10.1. The number of H-pyrrole nitrogens is 1. The van der Waals surface area contributed by atoms with Crippen molar-refractivity contribution in [1.29, 1.82) is 0 Å². The Labute approximate surface area is 200 Å². The first-order valence-corrected chi connectivity index (χ1v) is 11.1. The lowest BCUT2D eigenvalue weighted by Crippen LogP contribution is -2.23. The molecule has 3 rings (SSSR count). The normalized spacial score (nSPS) is 10.5. The maximum atomic E-state index is 12.6. The van der Waals surface area contributed by atoms with Crippen LogP contribution in [0, 0.1) is 13.8 Å². The summed E-state index contributed by atoms with van der Waals surface area (Å²) in [5, 5.41) is 5.43. The fraction of sp³-hybridized carbons (Fsp3) is 0.217. The van der Waals surface area contributed by atoms with E-state index in [2.05, 4.69) is 20.6 Å². The number of anilines is 3. The topological polar surface area (TPSA) is 148 Å². The van der Waals surface area contributed by atoms with Crippen LogP contribution in [0.15, 0.2) is 46.3 Å². The summed E-state index contributed by atoms with van der Waals surface area (Å²) in [5.41, 5.74) is 8.07. The summed E-state index contributed by atoms with van der Waals surface area (Å²) in [6, 6.07) is 10.3. The van der Waals surface area contributed by atoms with Crippen molar-refractivity contribution in [3.63, 3.8) is 0 Å². The molecule has 178 valence electrons. The van der Waals surface area contributed by atoms with E-state index in [1.807, 2.05) is 32.0 Å². The molecule has 10 nitrogen and oxygen atoms in total. The van der Waals surface area contributed by atoms with E-state index in [1.165, 1.54) is 26.4 Å². The number of aromatic nitrogens is 2. The zero-order chi connectivity index (χ0) is 24.8. The van der Waals surface area contributed by atoms with Gasteiger partial charge in [0.15, 0.2) is 22.5 Å². The van der Waals surface area contributed by atoms with E-state index >= 15 is 0 Å². The Morgan fingerprint density at radius 2 is 1.71 bits per heavy atom. The predicted octanol–water partition coefficient (Wildman–Crippen LogP) is 2.97. The van der Waals surface area contributed by atoms with Crippen LogP contribution in [0.4, 0.5) is 17.2 Å². The minimum Gasteiger partial charge on any atom is -0.493 e. The number of aryl methyl sites for hydroxylation is 2. The Balaban J connectivity index is 1.67. The van der Waals surface area contributed by atoms with Crippen LogP contribution < -0.4 is 31.4 Å². The molecule has 5 N–H and O–H groups in total. The maximum absolute atomic E-state index is 12.6. The zero-order valence-electron chi connectivity index (χ0n) is 19.1. The maximum Gasteiger partial charge on any atom is 0.277 e. The molecule has 1 aromatic heterocycles. The molecule has 0 atom stereocenters. The molecule has 34 heavy (non-hydrogen) atoms. The highest BCUT2D eigenvalue weighted by Gasteiger charge is 2.16. The smallest absolute Gasteiger partial charge is 0.277 e. The number of carbonyl (C=O) groups is 2. The Kier molecular flexibility index (Phi) is 7.79. The standard InChI is InChI=1S/C23H25N5O5S/c1-12-7-13(2)9-15(8-12)25-18(29)11-34-23-27-20(24)19(22(31)28-23)26-21(30)14-5-6-16(32-3)17(10-14)33-4/h5-10H,11H2,1-4H3,(H,25,29)(H,26,30)(H3,24,27,28,31). The van der Waals surface area contributed by atoms with Gasteiger partial charge in [0.1, 0.15) is 5.69 Å². The van der Waals surface area contributed by atoms with Crippen LogP contribution in [0.3, 0.4) is 0 Å². The van der Waals surface area contributed by atoms with E-state index in [1.54, 1.807) is 6.07 Å². The molecule has 11 heteroatoms. The van der Waals surface area contributed by atoms with Gasteiger partial charge in [0.2, 0.25) is 5.91 Å². The first-order chi connectivity index (χ1) is 16.2. The summed E-state index contributed by atoms with van der Waals surface area (Å²) in [7, 11) is 2.93. The molecule has 2 amide bonds. The number of hydrogen-bond acceptors (Lipinski definition) is 8. The molecular weight excluding hydrogens is 458 g/mol. The summed E-state index contributed by atoms with van der Waals surface area (Å²) in [6.07, 6.45) is 0. The number of nitrogens with zero attached hydrogens (tertiary/aromatic N) is 1. The van der Waals surface area contributed by atoms with Crippen LogP contribution in [0.25, 0.3) is 0 Å². The minimum absolute atomic E-state index is 0.00666. The van der Waals surface area contributed by atoms with Gasteiger partial charge in [-0.1, -0.05) is 17.8 Å². The molecule has 3 aromatic rings. The third kappa shape index (κ3) is 6.07. The van der Waals surface area contributed by atoms with Gasteiger partial charge >= 0.3 is 0 Å². The molecule has 0 fully saturated rings. The van der Waals surface area contributed by atoms with Crippen molar-refractivity contribution in [3.8, 4) is 11.5 Å². The SMILES string of the molecule is COc1ccc(C(=O)Nc2c(N)nc(SCC(=O)Nc3cc(C)cc(C)c3)[nH]c2=O)cc1OC. The number of nitrogen functional groups attached to an aromatic ring is 1. The molecule has 0 unspecified atom stereocenters. The second kappa shape index (κ2) is 10.8. The van der Waals surface area contributed by atoms with Gasteiger partial charge in [0.25, 0.3) is 11.5 Å². The van der Waals surface area contributed by atoms with E-state index in [0.717, 1.165) is 22.9 Å². The van der Waals surface area contributed by atoms with Crippen molar-refractivity contribution < 1.29 is 19.1 Å². The number of benzene rings is 2. The molecule has 0 spiro atoms. The van der Waals surface area contributed by atoms with Crippen LogP contribution in [0.5, 0.6) is 11.5 Å². The second-order valence-corrected chi connectivity index (χ2v) is 8.33. The van der Waals surface area contributed by atoms with Gasteiger partial charge in [-0.2, -0.15) is 0 Å². The van der Waals surface area contributed by atoms with Crippen LogP contribution >= 0.6 is 11.8 Å². The van der Waals surface area contributed by atoms with Crippen LogP contribution in [-0.2, 0) is 4.79 Å². The Morgan fingerprint density at radius 1 is 1.03 bits per heavy atom. The Morgan fingerprint density at radius 3 is 2.32 bits per heavy atom. The number of methoxy groups -OCH3 is 2. The van der Waals surface area contributed by atoms with Gasteiger partial charge in [-0.3, -0.25) is 19.4 Å². The number of hydrogen-bond donors (Lipinski definition) is 4. The van der Waals surface area contributed by atoms with E-state index in [9.17, 15) is 14.4 Å². The summed E-state index contributed by atoms with van der Waals surface area (Å²) >= 11 is 1.02. The summed E-state index contributed by atoms with van der Waals surface area (Å²) in [6.45, 7) is 3.89. The Bertz CT molecular complexity index is 1270. The number of carbonyl (C=O) groups excluding carboxylic acids is 2. The molecule has 0 aliphatic heterocycles. The third-order valence-corrected chi connectivity index (χ3v) is 5.53. The molecule has 0 saturated carbocycles. The van der Waals surface area contributed by atoms with Gasteiger partial charge in [0.05, 0.1) is 20.0 Å². The minimum atomic E-state index is -0.640. The quantitative estimate of drug-likeness (QED) is 0.282. The van der Waals surface area contributed by atoms with Crippen molar-refractivity contribution in [3.05, 3.63) is 63.4 Å². The first-order valence-electron chi connectivity index (χ1n) is 10.1. The largest absolute Gasteiger partial charge is 0.493 e. The van der Waals surface area contributed by atoms with Gasteiger partial charge in [-0.05, 0) is 55.3 Å². The number of amides is 2.